The van der Waals surface area contributed by atoms with E-state index in [-0.39, 0.29) is 11.7 Å². The zero-order valence-corrected chi connectivity index (χ0v) is 15.7. The van der Waals surface area contributed by atoms with Gasteiger partial charge in [0.2, 0.25) is 5.91 Å². The minimum absolute atomic E-state index is 0.177. The second kappa shape index (κ2) is 9.37. The number of nitrogens with one attached hydrogen (secondary N) is 1. The first-order valence-electron chi connectivity index (χ1n) is 9.27. The summed E-state index contributed by atoms with van der Waals surface area (Å²) in [6.45, 7) is 4.40. The van der Waals surface area contributed by atoms with Gasteiger partial charge in [0.25, 0.3) is 0 Å². The molecule has 1 aliphatic heterocycles. The maximum atomic E-state index is 12.9. The Morgan fingerprint density at radius 2 is 1.70 bits per heavy atom. The fourth-order valence-corrected chi connectivity index (χ4v) is 3.20. The van der Waals surface area contributed by atoms with Gasteiger partial charge in [0.1, 0.15) is 11.6 Å². The fourth-order valence-electron chi connectivity index (χ4n) is 3.20. The number of methoxy groups -OCH3 is 1. The first-order chi connectivity index (χ1) is 13.2. The van der Waals surface area contributed by atoms with E-state index in [2.05, 4.69) is 22.3 Å². The number of carbonyl (C=O) groups excluding carboxylic acids is 1. The van der Waals surface area contributed by atoms with Gasteiger partial charge in [-0.15, -0.1) is 0 Å². The summed E-state index contributed by atoms with van der Waals surface area (Å²) in [7, 11) is 1.66. The number of amides is 1. The molecule has 1 N–H and O–H groups in total. The molecule has 1 amide bonds. The lowest BCUT2D eigenvalue weighted by Gasteiger charge is -2.36. The van der Waals surface area contributed by atoms with Gasteiger partial charge in [0, 0.05) is 51.4 Å². The summed E-state index contributed by atoms with van der Waals surface area (Å²) in [6, 6.07) is 14.4. The molecule has 2 aromatic carbocycles. The van der Waals surface area contributed by atoms with Crippen molar-refractivity contribution in [3.63, 3.8) is 0 Å². The Labute approximate surface area is 159 Å². The maximum Gasteiger partial charge on any atom is 0.223 e. The zero-order valence-electron chi connectivity index (χ0n) is 15.7. The average Bonchev–Trinajstić information content (AvgIpc) is 2.72. The molecule has 0 aliphatic carbocycles. The number of halogens is 1. The third kappa shape index (κ3) is 5.44. The minimum atomic E-state index is -0.234. The van der Waals surface area contributed by atoms with Crippen LogP contribution in [0, 0.1) is 5.82 Å². The highest BCUT2D eigenvalue weighted by atomic mass is 19.1. The summed E-state index contributed by atoms with van der Waals surface area (Å²) >= 11 is 0. The Morgan fingerprint density at radius 3 is 2.33 bits per heavy atom. The molecule has 0 unspecified atom stereocenters. The van der Waals surface area contributed by atoms with Crippen molar-refractivity contribution in [2.75, 3.05) is 44.7 Å². The van der Waals surface area contributed by atoms with Crippen molar-refractivity contribution in [2.45, 2.75) is 13.0 Å². The van der Waals surface area contributed by atoms with E-state index >= 15 is 0 Å². The molecule has 5 nitrogen and oxygen atoms in total. The fraction of sp³-hybridized carbons (Fsp3) is 0.381. The molecule has 6 heteroatoms. The van der Waals surface area contributed by atoms with E-state index in [0.29, 0.717) is 19.5 Å². The van der Waals surface area contributed by atoms with E-state index in [4.69, 9.17) is 4.74 Å². The summed E-state index contributed by atoms with van der Waals surface area (Å²) in [4.78, 5) is 16.6. The van der Waals surface area contributed by atoms with Crippen molar-refractivity contribution < 1.29 is 13.9 Å². The van der Waals surface area contributed by atoms with Crippen LogP contribution in [-0.4, -0.2) is 50.6 Å². The van der Waals surface area contributed by atoms with Crippen molar-refractivity contribution in [2.24, 2.45) is 0 Å². The molecule has 3 rings (SSSR count). The van der Waals surface area contributed by atoms with Crippen LogP contribution in [0.25, 0.3) is 0 Å². The van der Waals surface area contributed by atoms with Crippen LogP contribution in [0.5, 0.6) is 5.75 Å². The third-order valence-electron chi connectivity index (χ3n) is 4.83. The Balaban J connectivity index is 1.37. The van der Waals surface area contributed by atoms with Gasteiger partial charge in [-0.3, -0.25) is 4.79 Å². The Morgan fingerprint density at radius 1 is 1.04 bits per heavy atom. The van der Waals surface area contributed by atoms with Crippen molar-refractivity contribution in [3.05, 3.63) is 59.9 Å². The maximum absolute atomic E-state index is 12.9. The molecule has 1 heterocycles. The summed E-state index contributed by atoms with van der Waals surface area (Å²) in [6.07, 6.45) is 0.476. The second-order valence-electron chi connectivity index (χ2n) is 6.62. The molecule has 0 radical (unpaired) electrons. The van der Waals surface area contributed by atoms with Gasteiger partial charge in [0.15, 0.2) is 0 Å². The molecular weight excluding hydrogens is 345 g/mol. The number of piperazine rings is 1. The number of benzene rings is 2. The molecule has 0 aromatic heterocycles. The molecule has 144 valence electrons. The van der Waals surface area contributed by atoms with Crippen LogP contribution in [-0.2, 0) is 11.3 Å². The van der Waals surface area contributed by atoms with Crippen molar-refractivity contribution >= 4 is 11.6 Å². The number of carbonyl (C=O) groups is 1. The number of anilines is 1. The Hall–Kier alpha value is -2.60. The Bertz CT molecular complexity index is 726. The van der Waals surface area contributed by atoms with Crippen LogP contribution in [0.4, 0.5) is 10.1 Å². The largest absolute Gasteiger partial charge is 0.497 e. The Kier molecular flexibility index (Phi) is 6.65. The van der Waals surface area contributed by atoms with Gasteiger partial charge < -0.3 is 19.9 Å². The van der Waals surface area contributed by atoms with E-state index in [1.807, 2.05) is 17.0 Å². The lowest BCUT2D eigenvalue weighted by atomic mass is 10.2. The molecular formula is C21H26FN3O2. The van der Waals surface area contributed by atoms with Crippen molar-refractivity contribution in [1.82, 2.24) is 10.2 Å². The number of hydrogen-bond acceptors (Lipinski definition) is 4. The number of rotatable bonds is 7. The van der Waals surface area contributed by atoms with E-state index in [1.54, 1.807) is 19.2 Å². The lowest BCUT2D eigenvalue weighted by Crippen LogP contribution is -2.49. The highest BCUT2D eigenvalue weighted by Gasteiger charge is 2.20. The number of ether oxygens (including phenoxy) is 1. The quantitative estimate of drug-likeness (QED) is 0.760. The molecule has 0 atom stereocenters. The van der Waals surface area contributed by atoms with Crippen molar-refractivity contribution in [3.8, 4) is 5.75 Å². The molecule has 27 heavy (non-hydrogen) atoms. The van der Waals surface area contributed by atoms with Crippen LogP contribution in [0.15, 0.2) is 48.5 Å². The van der Waals surface area contributed by atoms with Gasteiger partial charge in [-0.25, -0.2) is 4.39 Å². The van der Waals surface area contributed by atoms with Gasteiger partial charge in [-0.2, -0.15) is 0 Å². The van der Waals surface area contributed by atoms with Crippen LogP contribution in [0.3, 0.4) is 0 Å². The molecule has 2 aromatic rings. The third-order valence-corrected chi connectivity index (χ3v) is 4.83. The van der Waals surface area contributed by atoms with Crippen LogP contribution < -0.4 is 15.0 Å². The monoisotopic (exact) mass is 371 g/mol. The van der Waals surface area contributed by atoms with Gasteiger partial charge in [-0.1, -0.05) is 12.1 Å². The standard InChI is InChI=1S/C21H26FN3O2/c1-27-20-8-6-19(7-9-20)24-12-14-25(15-13-24)21(26)10-11-23-16-17-2-4-18(22)5-3-17/h2-9,23H,10-16H2,1H3. The van der Waals surface area contributed by atoms with Crippen LogP contribution in [0.1, 0.15) is 12.0 Å². The predicted molar refractivity (Wildman–Crippen MR) is 105 cm³/mol. The first kappa shape index (κ1) is 19.2. The molecule has 0 saturated carbocycles. The summed E-state index contributed by atoms with van der Waals surface area (Å²) in [5.41, 5.74) is 2.17. The lowest BCUT2D eigenvalue weighted by molar-refractivity contribution is -0.131. The average molecular weight is 371 g/mol. The SMILES string of the molecule is COc1ccc(N2CCN(C(=O)CCNCc3ccc(F)cc3)CC2)cc1. The summed E-state index contributed by atoms with van der Waals surface area (Å²) in [5.74, 6) is 0.791. The topological polar surface area (TPSA) is 44.8 Å². The van der Waals surface area contributed by atoms with E-state index in [0.717, 1.165) is 43.2 Å². The molecule has 1 saturated heterocycles. The molecule has 0 spiro atoms. The first-order valence-corrected chi connectivity index (χ1v) is 9.27. The van der Waals surface area contributed by atoms with E-state index < -0.39 is 0 Å². The molecule has 1 aliphatic rings. The summed E-state index contributed by atoms with van der Waals surface area (Å²) in [5, 5.41) is 3.24. The van der Waals surface area contributed by atoms with Gasteiger partial charge in [-0.05, 0) is 42.0 Å². The smallest absolute Gasteiger partial charge is 0.223 e. The normalized spacial score (nSPS) is 14.3. The number of nitrogens with zero attached hydrogens (tertiary/aromatic N) is 2. The van der Waals surface area contributed by atoms with Crippen LogP contribution in [0.2, 0.25) is 0 Å². The minimum Gasteiger partial charge on any atom is -0.497 e. The predicted octanol–water partition coefficient (Wildman–Crippen LogP) is 2.66. The highest BCUT2D eigenvalue weighted by Crippen LogP contribution is 2.20. The zero-order chi connectivity index (χ0) is 19.1. The molecule has 1 fully saturated rings. The second-order valence-corrected chi connectivity index (χ2v) is 6.62. The number of hydrogen-bond donors (Lipinski definition) is 1. The van der Waals surface area contributed by atoms with Crippen LogP contribution >= 0.6 is 0 Å². The highest BCUT2D eigenvalue weighted by molar-refractivity contribution is 5.76. The van der Waals surface area contributed by atoms with Gasteiger partial charge >= 0.3 is 0 Å². The summed E-state index contributed by atoms with van der Waals surface area (Å²) < 4.78 is 18.1. The molecule has 0 bridgehead atoms. The van der Waals surface area contributed by atoms with E-state index in [9.17, 15) is 9.18 Å². The van der Waals surface area contributed by atoms with Gasteiger partial charge in [0.05, 0.1) is 7.11 Å². The van der Waals surface area contributed by atoms with E-state index in [1.165, 1.54) is 12.1 Å². The van der Waals surface area contributed by atoms with Crippen molar-refractivity contribution in [1.29, 1.82) is 0 Å².